The van der Waals surface area contributed by atoms with Crippen LogP contribution in [0, 0.1) is 0 Å². The van der Waals surface area contributed by atoms with Gasteiger partial charge in [-0.25, -0.2) is 8.78 Å². The Kier molecular flexibility index (Phi) is 5.94. The molecule has 0 aliphatic carbocycles. The number of nitrogens with zero attached hydrogens (tertiary/aromatic N) is 3. The monoisotopic (exact) mass is 467 g/mol. The molecule has 1 N–H and O–H groups in total. The zero-order valence-corrected chi connectivity index (χ0v) is 18.5. The molecule has 4 rings (SSSR count). The van der Waals surface area contributed by atoms with E-state index >= 15 is 0 Å². The molecule has 0 bridgehead atoms. The van der Waals surface area contributed by atoms with Crippen molar-refractivity contribution in [1.82, 2.24) is 14.7 Å². The van der Waals surface area contributed by atoms with E-state index in [0.717, 1.165) is 5.56 Å². The van der Waals surface area contributed by atoms with Crippen molar-refractivity contribution in [2.24, 2.45) is 7.05 Å². The first-order valence-corrected chi connectivity index (χ1v) is 10.6. The third-order valence-electron chi connectivity index (χ3n) is 5.96. The lowest BCUT2D eigenvalue weighted by Crippen LogP contribution is -2.40. The first-order chi connectivity index (χ1) is 14.7. The maximum Gasteiger partial charge on any atom is 0.268 e. The maximum absolute atomic E-state index is 13.3. The van der Waals surface area contributed by atoms with Crippen LogP contribution in [0.1, 0.15) is 41.3 Å². The lowest BCUT2D eigenvalue weighted by atomic mass is 9.87. The Morgan fingerprint density at radius 1 is 1.29 bits per heavy atom. The van der Waals surface area contributed by atoms with Crippen molar-refractivity contribution in [2.75, 3.05) is 6.54 Å². The summed E-state index contributed by atoms with van der Waals surface area (Å²) in [4.78, 5) is 15.0. The lowest BCUT2D eigenvalue weighted by molar-refractivity contribution is -0.133. The minimum atomic E-state index is -2.87. The number of fused-ring (bicyclic) bond motifs is 2. The number of aryl methyl sites for hydroxylation is 1. The Balaban J connectivity index is 1.65. The largest absolute Gasteiger partial charge is 0.382 e. The number of hydrogen-bond donors (Lipinski definition) is 1. The molecule has 0 saturated heterocycles. The van der Waals surface area contributed by atoms with Crippen LogP contribution in [0.3, 0.4) is 0 Å². The predicted molar refractivity (Wildman–Crippen MR) is 116 cm³/mol. The van der Waals surface area contributed by atoms with Crippen LogP contribution in [-0.2, 0) is 24.7 Å². The van der Waals surface area contributed by atoms with E-state index < -0.39 is 12.5 Å². The van der Waals surface area contributed by atoms with Crippen LogP contribution in [0.15, 0.2) is 30.3 Å². The number of alkyl halides is 2. The Morgan fingerprint density at radius 3 is 2.74 bits per heavy atom. The normalized spacial score (nSPS) is 17.3. The standard InChI is InChI=1S/C22H21Cl2F2N3O2/c1-11-12-4-3-5-14(20(31)22(25)26)13(12)8-9-29(11)18(30)10-15-16(23)6-7-17-19(15)21(24)28(2)27-17/h3-7,11,20,22,31H,8-10H2,1-2H3/t11-,20-/m0/s1. The van der Waals surface area contributed by atoms with Crippen LogP contribution in [0.5, 0.6) is 0 Å². The Morgan fingerprint density at radius 2 is 2.03 bits per heavy atom. The minimum Gasteiger partial charge on any atom is -0.382 e. The van der Waals surface area contributed by atoms with E-state index in [0.29, 0.717) is 45.2 Å². The number of aliphatic hydroxyl groups excluding tert-OH is 1. The molecule has 1 amide bonds. The summed E-state index contributed by atoms with van der Waals surface area (Å²) < 4.78 is 27.7. The zero-order valence-electron chi connectivity index (χ0n) is 16.9. The molecule has 5 nitrogen and oxygen atoms in total. The van der Waals surface area contributed by atoms with E-state index in [1.54, 1.807) is 30.1 Å². The number of hydrogen-bond acceptors (Lipinski definition) is 3. The SMILES string of the molecule is C[C@H]1c2cccc([C@H](O)C(F)F)c2CCN1C(=O)Cc1c(Cl)ccc2nn(C)c(Cl)c12. The number of aliphatic hydroxyl groups is 1. The van der Waals surface area contributed by atoms with Crippen LogP contribution < -0.4 is 0 Å². The van der Waals surface area contributed by atoms with Crippen LogP contribution in [0.25, 0.3) is 10.9 Å². The summed E-state index contributed by atoms with van der Waals surface area (Å²) in [6, 6.07) is 8.09. The molecule has 3 aromatic rings. The fourth-order valence-corrected chi connectivity index (χ4v) is 4.84. The first kappa shape index (κ1) is 22.0. The number of benzene rings is 2. The van der Waals surface area contributed by atoms with Gasteiger partial charge in [-0.05, 0) is 47.7 Å². The molecule has 0 radical (unpaired) electrons. The van der Waals surface area contributed by atoms with E-state index in [4.69, 9.17) is 23.2 Å². The highest BCUT2D eigenvalue weighted by Gasteiger charge is 2.32. The highest BCUT2D eigenvalue weighted by Crippen LogP contribution is 2.37. The fourth-order valence-electron chi connectivity index (χ4n) is 4.37. The molecule has 31 heavy (non-hydrogen) atoms. The summed E-state index contributed by atoms with van der Waals surface area (Å²) >= 11 is 12.8. The molecule has 0 saturated carbocycles. The summed E-state index contributed by atoms with van der Waals surface area (Å²) in [7, 11) is 1.72. The van der Waals surface area contributed by atoms with Gasteiger partial charge in [0, 0.05) is 24.0 Å². The number of aromatic nitrogens is 2. The first-order valence-electron chi connectivity index (χ1n) is 9.87. The van der Waals surface area contributed by atoms with Crippen molar-refractivity contribution < 1.29 is 18.7 Å². The number of carbonyl (C=O) groups is 1. The number of halogens is 4. The van der Waals surface area contributed by atoms with Gasteiger partial charge in [0.25, 0.3) is 6.43 Å². The average molecular weight is 468 g/mol. The van der Waals surface area contributed by atoms with Gasteiger partial charge in [0.2, 0.25) is 5.91 Å². The molecule has 1 aromatic heterocycles. The molecule has 164 valence electrons. The number of amides is 1. The molecule has 0 unspecified atom stereocenters. The molecule has 0 fully saturated rings. The van der Waals surface area contributed by atoms with E-state index in [1.807, 2.05) is 13.0 Å². The molecule has 9 heteroatoms. The fraction of sp³-hybridized carbons (Fsp3) is 0.364. The third-order valence-corrected chi connectivity index (χ3v) is 6.74. The van der Waals surface area contributed by atoms with Crippen molar-refractivity contribution in [1.29, 1.82) is 0 Å². The summed E-state index contributed by atoms with van der Waals surface area (Å²) in [5, 5.41) is 15.7. The van der Waals surface area contributed by atoms with Gasteiger partial charge in [0.1, 0.15) is 11.3 Å². The average Bonchev–Trinajstić information content (AvgIpc) is 3.03. The van der Waals surface area contributed by atoms with Crippen molar-refractivity contribution in [3.05, 3.63) is 62.8 Å². The molecule has 2 heterocycles. The van der Waals surface area contributed by atoms with Gasteiger partial charge in [0.05, 0.1) is 18.0 Å². The van der Waals surface area contributed by atoms with Gasteiger partial charge in [-0.1, -0.05) is 41.4 Å². The highest BCUT2D eigenvalue weighted by molar-refractivity contribution is 6.37. The van der Waals surface area contributed by atoms with Crippen LogP contribution in [0.2, 0.25) is 10.2 Å². The van der Waals surface area contributed by atoms with Crippen molar-refractivity contribution in [3.8, 4) is 0 Å². The Hall–Kier alpha value is -2.22. The van der Waals surface area contributed by atoms with Crippen LogP contribution in [0.4, 0.5) is 8.78 Å². The van der Waals surface area contributed by atoms with Gasteiger partial charge in [0.15, 0.2) is 0 Å². The summed E-state index contributed by atoms with van der Waals surface area (Å²) in [5.74, 6) is -0.146. The highest BCUT2D eigenvalue weighted by atomic mass is 35.5. The maximum atomic E-state index is 13.3. The van der Waals surface area contributed by atoms with E-state index in [9.17, 15) is 18.7 Å². The van der Waals surface area contributed by atoms with Crippen molar-refractivity contribution >= 4 is 40.0 Å². The lowest BCUT2D eigenvalue weighted by Gasteiger charge is -2.37. The van der Waals surface area contributed by atoms with Crippen molar-refractivity contribution in [3.63, 3.8) is 0 Å². The molecular formula is C22H21Cl2F2N3O2. The van der Waals surface area contributed by atoms with Crippen molar-refractivity contribution in [2.45, 2.75) is 38.3 Å². The number of rotatable bonds is 4. The summed E-state index contributed by atoms with van der Waals surface area (Å²) in [6.45, 7) is 2.21. The van der Waals surface area contributed by atoms with E-state index in [-0.39, 0.29) is 23.9 Å². The Bertz CT molecular complexity index is 1170. The predicted octanol–water partition coefficient (Wildman–Crippen LogP) is 4.87. The second-order valence-electron chi connectivity index (χ2n) is 7.72. The molecule has 1 aliphatic rings. The molecular weight excluding hydrogens is 447 g/mol. The molecule has 0 spiro atoms. The molecule has 2 aromatic carbocycles. The van der Waals surface area contributed by atoms with Gasteiger partial charge in [-0.3, -0.25) is 9.48 Å². The van der Waals surface area contributed by atoms with Gasteiger partial charge in [-0.15, -0.1) is 0 Å². The van der Waals surface area contributed by atoms with Crippen LogP contribution >= 0.6 is 23.2 Å². The topological polar surface area (TPSA) is 58.4 Å². The van der Waals surface area contributed by atoms with Gasteiger partial charge < -0.3 is 10.0 Å². The second kappa shape index (κ2) is 8.37. The van der Waals surface area contributed by atoms with E-state index in [1.165, 1.54) is 10.7 Å². The molecule has 2 atom stereocenters. The number of carbonyl (C=O) groups excluding carboxylic acids is 1. The minimum absolute atomic E-state index is 0.0423. The summed E-state index contributed by atoms with van der Waals surface area (Å²) in [5.41, 5.74) is 2.94. The quantitative estimate of drug-likeness (QED) is 0.595. The van der Waals surface area contributed by atoms with Crippen LogP contribution in [-0.4, -0.2) is 38.7 Å². The summed E-state index contributed by atoms with van der Waals surface area (Å²) in [6.07, 6.45) is -4.28. The smallest absolute Gasteiger partial charge is 0.268 e. The van der Waals surface area contributed by atoms with Gasteiger partial charge in [-0.2, -0.15) is 5.10 Å². The Labute approximate surface area is 188 Å². The zero-order chi connectivity index (χ0) is 22.4. The third kappa shape index (κ3) is 3.79. The van der Waals surface area contributed by atoms with Gasteiger partial charge >= 0.3 is 0 Å². The van der Waals surface area contributed by atoms with E-state index in [2.05, 4.69) is 5.10 Å². The molecule has 1 aliphatic heterocycles. The second-order valence-corrected chi connectivity index (χ2v) is 8.48.